The van der Waals surface area contributed by atoms with Crippen LogP contribution in [0.3, 0.4) is 0 Å². The zero-order valence-corrected chi connectivity index (χ0v) is 18.0. The van der Waals surface area contributed by atoms with E-state index in [0.29, 0.717) is 6.54 Å². The van der Waals surface area contributed by atoms with E-state index in [-0.39, 0.29) is 5.95 Å². The predicted octanol–water partition coefficient (Wildman–Crippen LogP) is 5.41. The zero-order valence-electron chi connectivity index (χ0n) is 15.4. The lowest BCUT2D eigenvalue weighted by molar-refractivity contribution is 0.530. The molecule has 0 fully saturated rings. The Morgan fingerprint density at radius 1 is 0.889 bits per heavy atom. The molecular formula is C23H21BrFNSi. The van der Waals surface area contributed by atoms with E-state index in [2.05, 4.69) is 47.2 Å². The third-order valence-corrected chi connectivity index (χ3v) is 9.26. The Hall–Kier alpha value is -2.17. The van der Waals surface area contributed by atoms with Gasteiger partial charge in [-0.1, -0.05) is 94.9 Å². The van der Waals surface area contributed by atoms with Crippen LogP contribution < -0.4 is 10.4 Å². The van der Waals surface area contributed by atoms with Gasteiger partial charge in [-0.25, -0.2) is 0 Å². The van der Waals surface area contributed by atoms with Crippen LogP contribution in [0.1, 0.15) is 5.56 Å². The van der Waals surface area contributed by atoms with Crippen molar-refractivity contribution >= 4 is 45.3 Å². The van der Waals surface area contributed by atoms with Crippen LogP contribution >= 0.6 is 15.9 Å². The number of halogens is 2. The number of aromatic nitrogens is 1. The van der Waals surface area contributed by atoms with Crippen molar-refractivity contribution in [2.45, 2.75) is 19.6 Å². The van der Waals surface area contributed by atoms with Gasteiger partial charge in [-0.15, -0.1) is 0 Å². The monoisotopic (exact) mass is 437 g/mol. The van der Waals surface area contributed by atoms with Crippen LogP contribution in [-0.4, -0.2) is 12.6 Å². The Kier molecular flexibility index (Phi) is 4.78. The van der Waals surface area contributed by atoms with Gasteiger partial charge in [0.15, 0.2) is 5.95 Å². The first-order valence-electron chi connectivity index (χ1n) is 9.05. The summed E-state index contributed by atoms with van der Waals surface area (Å²) in [7, 11) is -2.20. The standard InChI is InChI=1S/C23H21BrFNSi/c1-27(2,19-11-7-4-8-12-19)22-20-15-18(24)13-14-21(20)26(23(22)25)16-17-9-5-3-6-10-17/h3-15H,16H2,1-2H3. The Balaban J connectivity index is 1.96. The van der Waals surface area contributed by atoms with E-state index in [0.717, 1.165) is 26.1 Å². The zero-order chi connectivity index (χ0) is 19.0. The summed E-state index contributed by atoms with van der Waals surface area (Å²) in [4.78, 5) is 0. The molecule has 0 atom stereocenters. The molecule has 27 heavy (non-hydrogen) atoms. The van der Waals surface area contributed by atoms with E-state index in [4.69, 9.17) is 0 Å². The molecule has 1 aromatic heterocycles. The minimum Gasteiger partial charge on any atom is -0.313 e. The Morgan fingerprint density at radius 2 is 1.52 bits per heavy atom. The van der Waals surface area contributed by atoms with Gasteiger partial charge in [0.05, 0.1) is 12.1 Å². The van der Waals surface area contributed by atoms with Gasteiger partial charge in [-0.05, 0) is 23.8 Å². The molecule has 0 aliphatic rings. The lowest BCUT2D eigenvalue weighted by Gasteiger charge is -2.23. The highest BCUT2D eigenvalue weighted by molar-refractivity contribution is 9.10. The van der Waals surface area contributed by atoms with Crippen molar-refractivity contribution in [3.05, 3.63) is 94.8 Å². The fourth-order valence-electron chi connectivity index (χ4n) is 3.81. The molecule has 0 spiro atoms. The minimum atomic E-state index is -2.20. The van der Waals surface area contributed by atoms with E-state index in [1.54, 1.807) is 0 Å². The molecule has 3 aromatic carbocycles. The molecule has 4 rings (SSSR count). The van der Waals surface area contributed by atoms with Gasteiger partial charge >= 0.3 is 0 Å². The van der Waals surface area contributed by atoms with Crippen LogP contribution in [0.4, 0.5) is 4.39 Å². The van der Waals surface area contributed by atoms with Crippen molar-refractivity contribution in [2.75, 3.05) is 0 Å². The molecule has 0 saturated carbocycles. The van der Waals surface area contributed by atoms with Crippen molar-refractivity contribution in [3.63, 3.8) is 0 Å². The molecule has 0 radical (unpaired) electrons. The number of rotatable bonds is 4. The van der Waals surface area contributed by atoms with Crippen LogP contribution in [0.15, 0.2) is 83.3 Å². The lowest BCUT2D eigenvalue weighted by Crippen LogP contribution is -2.54. The molecule has 0 aliphatic heterocycles. The molecular weight excluding hydrogens is 417 g/mol. The summed E-state index contributed by atoms with van der Waals surface area (Å²) in [5.74, 6) is -0.104. The van der Waals surface area contributed by atoms with Gasteiger partial charge in [0, 0.05) is 15.0 Å². The second kappa shape index (κ2) is 7.10. The van der Waals surface area contributed by atoms with Gasteiger partial charge in [0.25, 0.3) is 0 Å². The molecule has 0 N–H and O–H groups in total. The highest BCUT2D eigenvalue weighted by atomic mass is 79.9. The number of benzene rings is 3. The maximum Gasteiger partial charge on any atom is 0.194 e. The second-order valence-corrected chi connectivity index (χ2v) is 12.6. The number of fused-ring (bicyclic) bond motifs is 1. The van der Waals surface area contributed by atoms with Crippen LogP contribution in [0, 0.1) is 5.95 Å². The quantitative estimate of drug-likeness (QED) is 0.376. The Labute approximate surface area is 168 Å². The first-order valence-corrected chi connectivity index (χ1v) is 12.8. The average molecular weight is 438 g/mol. The lowest BCUT2D eigenvalue weighted by atomic mass is 10.2. The van der Waals surface area contributed by atoms with Gasteiger partial charge < -0.3 is 4.57 Å². The summed E-state index contributed by atoms with van der Waals surface area (Å²) in [5.41, 5.74) is 2.05. The number of hydrogen-bond donors (Lipinski definition) is 0. The summed E-state index contributed by atoms with van der Waals surface area (Å²) in [6, 6.07) is 26.5. The first-order chi connectivity index (χ1) is 13.0. The average Bonchev–Trinajstić information content (AvgIpc) is 2.95. The topological polar surface area (TPSA) is 4.93 Å². The summed E-state index contributed by atoms with van der Waals surface area (Å²) in [5, 5.41) is 3.13. The SMILES string of the molecule is C[Si](C)(c1ccccc1)c1c(F)n(Cc2ccccc2)c2ccc(Br)cc12. The summed E-state index contributed by atoms with van der Waals surface area (Å²) >= 11 is 3.57. The minimum absolute atomic E-state index is 0.104. The molecule has 1 heterocycles. The molecule has 1 nitrogen and oxygen atoms in total. The second-order valence-electron chi connectivity index (χ2n) is 7.39. The van der Waals surface area contributed by atoms with E-state index in [1.807, 2.05) is 65.2 Å². The number of nitrogens with zero attached hydrogens (tertiary/aromatic N) is 1. The van der Waals surface area contributed by atoms with Gasteiger partial charge in [-0.2, -0.15) is 4.39 Å². The first kappa shape index (κ1) is 18.2. The summed E-state index contributed by atoms with van der Waals surface area (Å²) < 4.78 is 18.7. The highest BCUT2D eigenvalue weighted by Gasteiger charge is 2.34. The highest BCUT2D eigenvalue weighted by Crippen LogP contribution is 2.26. The normalized spacial score (nSPS) is 11.9. The number of hydrogen-bond acceptors (Lipinski definition) is 0. The summed E-state index contributed by atoms with van der Waals surface area (Å²) in [6.45, 7) is 4.99. The Morgan fingerprint density at radius 3 is 2.19 bits per heavy atom. The molecule has 0 unspecified atom stereocenters. The van der Waals surface area contributed by atoms with Crippen LogP contribution in [0.25, 0.3) is 10.9 Å². The van der Waals surface area contributed by atoms with Gasteiger partial charge in [0.1, 0.15) is 8.07 Å². The van der Waals surface area contributed by atoms with Crippen LogP contribution in [-0.2, 0) is 6.54 Å². The molecule has 0 saturated heterocycles. The Bertz CT molecular complexity index is 1090. The molecule has 4 heteroatoms. The van der Waals surface area contributed by atoms with E-state index >= 15 is 4.39 Å². The maximum atomic E-state index is 15.9. The van der Waals surface area contributed by atoms with Gasteiger partial charge in [-0.3, -0.25) is 0 Å². The largest absolute Gasteiger partial charge is 0.313 e. The molecule has 0 bridgehead atoms. The smallest absolute Gasteiger partial charge is 0.194 e. The molecule has 0 aliphatic carbocycles. The van der Waals surface area contributed by atoms with Crippen molar-refractivity contribution < 1.29 is 4.39 Å². The third-order valence-electron chi connectivity index (χ3n) is 5.27. The summed E-state index contributed by atoms with van der Waals surface area (Å²) in [6.07, 6.45) is 0. The van der Waals surface area contributed by atoms with E-state index in [9.17, 15) is 0 Å². The fraction of sp³-hybridized carbons (Fsp3) is 0.130. The van der Waals surface area contributed by atoms with Crippen molar-refractivity contribution in [3.8, 4) is 0 Å². The fourth-order valence-corrected chi connectivity index (χ4v) is 7.01. The molecule has 4 aromatic rings. The molecule has 136 valence electrons. The van der Waals surface area contributed by atoms with E-state index in [1.165, 1.54) is 5.19 Å². The van der Waals surface area contributed by atoms with Crippen molar-refractivity contribution in [1.29, 1.82) is 0 Å². The van der Waals surface area contributed by atoms with Crippen molar-refractivity contribution in [1.82, 2.24) is 4.57 Å². The molecule has 0 amide bonds. The van der Waals surface area contributed by atoms with Crippen molar-refractivity contribution in [2.24, 2.45) is 0 Å². The third kappa shape index (κ3) is 3.28. The van der Waals surface area contributed by atoms with Crippen LogP contribution in [0.2, 0.25) is 13.1 Å². The van der Waals surface area contributed by atoms with Crippen LogP contribution in [0.5, 0.6) is 0 Å². The predicted molar refractivity (Wildman–Crippen MR) is 118 cm³/mol. The van der Waals surface area contributed by atoms with Gasteiger partial charge in [0.2, 0.25) is 0 Å². The van der Waals surface area contributed by atoms with E-state index < -0.39 is 8.07 Å². The maximum absolute atomic E-state index is 15.9.